The molecule has 3 rings (SSSR count). The molecule has 0 saturated carbocycles. The van der Waals surface area contributed by atoms with Gasteiger partial charge < -0.3 is 15.1 Å². The van der Waals surface area contributed by atoms with Gasteiger partial charge in [0.25, 0.3) is 0 Å². The maximum absolute atomic E-state index is 12.8. The molecule has 146 valence electrons. The highest BCUT2D eigenvalue weighted by Gasteiger charge is 2.34. The lowest BCUT2D eigenvalue weighted by Gasteiger charge is -2.32. The molecule has 1 atom stereocenters. The topological polar surface area (TPSA) is 74.2 Å². The van der Waals surface area contributed by atoms with Crippen molar-refractivity contribution in [2.45, 2.75) is 25.6 Å². The lowest BCUT2D eigenvalue weighted by atomic mass is 10.2. The number of nitrogens with zero attached hydrogens (tertiary/aromatic N) is 5. The normalized spacial score (nSPS) is 16.6. The molecular formula is C16H19F3N6OS. The Labute approximate surface area is 158 Å². The molecule has 1 fully saturated rings. The minimum absolute atomic E-state index is 0.00303. The predicted octanol–water partition coefficient (Wildman–Crippen LogP) is 2.79. The van der Waals surface area contributed by atoms with Crippen LogP contribution in [0.2, 0.25) is 0 Å². The van der Waals surface area contributed by atoms with E-state index in [2.05, 4.69) is 20.3 Å². The minimum atomic E-state index is -4.46. The van der Waals surface area contributed by atoms with Gasteiger partial charge in [0.15, 0.2) is 5.69 Å². The molecule has 0 aliphatic carbocycles. The Morgan fingerprint density at radius 3 is 2.74 bits per heavy atom. The number of carbonyl (C=O) groups is 1. The van der Waals surface area contributed by atoms with Gasteiger partial charge in [-0.15, -0.1) is 11.3 Å². The number of aromatic nitrogens is 3. The maximum Gasteiger partial charge on any atom is 0.434 e. The van der Waals surface area contributed by atoms with E-state index in [4.69, 9.17) is 0 Å². The predicted molar refractivity (Wildman–Crippen MR) is 95.7 cm³/mol. The molecule has 1 amide bonds. The molecule has 1 N–H and O–H groups in total. The van der Waals surface area contributed by atoms with E-state index in [1.165, 1.54) is 6.33 Å². The van der Waals surface area contributed by atoms with Crippen molar-refractivity contribution in [3.05, 3.63) is 28.5 Å². The number of rotatable bonds is 5. The molecule has 1 saturated heterocycles. The second-order valence-corrected chi connectivity index (χ2v) is 7.06. The molecule has 0 bridgehead atoms. The van der Waals surface area contributed by atoms with Crippen LogP contribution in [0, 0.1) is 0 Å². The van der Waals surface area contributed by atoms with Gasteiger partial charge >= 0.3 is 6.18 Å². The van der Waals surface area contributed by atoms with E-state index in [-0.39, 0.29) is 12.5 Å². The second kappa shape index (κ2) is 7.67. The smallest absolute Gasteiger partial charge is 0.361 e. The molecule has 1 aliphatic rings. The van der Waals surface area contributed by atoms with Gasteiger partial charge in [-0.3, -0.25) is 4.79 Å². The van der Waals surface area contributed by atoms with Crippen molar-refractivity contribution in [1.29, 1.82) is 0 Å². The van der Waals surface area contributed by atoms with E-state index in [0.717, 1.165) is 16.7 Å². The number of halogens is 3. The molecule has 2 aromatic heterocycles. The lowest BCUT2D eigenvalue weighted by Crippen LogP contribution is -2.48. The molecule has 2 aromatic rings. The zero-order valence-electron chi connectivity index (χ0n) is 14.8. The Bertz CT molecular complexity index is 811. The third-order valence-corrected chi connectivity index (χ3v) is 5.23. The first-order valence-electron chi connectivity index (χ1n) is 8.38. The summed E-state index contributed by atoms with van der Waals surface area (Å²) >= 11 is 0.964. The zero-order chi connectivity index (χ0) is 19.6. The van der Waals surface area contributed by atoms with Gasteiger partial charge in [0, 0.05) is 31.6 Å². The number of hydrogen-bond acceptors (Lipinski definition) is 7. The average Bonchev–Trinajstić information content (AvgIpc) is 3.12. The van der Waals surface area contributed by atoms with Gasteiger partial charge in [0.2, 0.25) is 5.91 Å². The zero-order valence-corrected chi connectivity index (χ0v) is 15.6. The van der Waals surface area contributed by atoms with Gasteiger partial charge in [0.05, 0.1) is 12.6 Å². The fraction of sp³-hybridized carbons (Fsp3) is 0.500. The van der Waals surface area contributed by atoms with E-state index >= 15 is 0 Å². The van der Waals surface area contributed by atoms with Crippen LogP contribution in [-0.4, -0.2) is 52.4 Å². The molecule has 0 spiro atoms. The van der Waals surface area contributed by atoms with Crippen LogP contribution in [0.3, 0.4) is 0 Å². The van der Waals surface area contributed by atoms with Crippen LogP contribution in [-0.2, 0) is 11.0 Å². The Morgan fingerprint density at radius 2 is 2.11 bits per heavy atom. The summed E-state index contributed by atoms with van der Waals surface area (Å²) in [4.78, 5) is 27.4. The summed E-state index contributed by atoms with van der Waals surface area (Å²) in [5.41, 5.74) is -0.887. The minimum Gasteiger partial charge on any atom is -0.361 e. The van der Waals surface area contributed by atoms with Crippen molar-refractivity contribution in [2.75, 3.05) is 36.9 Å². The number of carbonyl (C=O) groups excluding carboxylic acids is 1. The van der Waals surface area contributed by atoms with Crippen molar-refractivity contribution in [2.24, 2.45) is 0 Å². The number of likely N-dealkylation sites (N-methyl/N-ethyl adjacent to an activating group) is 1. The van der Waals surface area contributed by atoms with Crippen LogP contribution in [0.1, 0.15) is 30.1 Å². The molecule has 0 aromatic carbocycles. The Morgan fingerprint density at radius 1 is 1.33 bits per heavy atom. The van der Waals surface area contributed by atoms with Gasteiger partial charge in [-0.05, 0) is 6.42 Å². The van der Waals surface area contributed by atoms with Gasteiger partial charge in [-0.2, -0.15) is 13.2 Å². The summed E-state index contributed by atoms with van der Waals surface area (Å²) < 4.78 is 38.3. The van der Waals surface area contributed by atoms with E-state index in [9.17, 15) is 18.0 Å². The van der Waals surface area contributed by atoms with Crippen molar-refractivity contribution in [3.8, 4) is 0 Å². The first-order valence-corrected chi connectivity index (χ1v) is 9.26. The molecule has 3 heterocycles. The Balaban J connectivity index is 1.74. The van der Waals surface area contributed by atoms with Crippen molar-refractivity contribution < 1.29 is 18.0 Å². The Kier molecular flexibility index (Phi) is 5.49. The summed E-state index contributed by atoms with van der Waals surface area (Å²) in [5.74, 6) is 1.07. The summed E-state index contributed by atoms with van der Waals surface area (Å²) in [5, 5.41) is 4.48. The summed E-state index contributed by atoms with van der Waals surface area (Å²) in [6, 6.07) is 1.29. The van der Waals surface area contributed by atoms with E-state index in [1.807, 2.05) is 11.8 Å². The molecule has 11 heteroatoms. The number of amides is 1. The SMILES string of the molecule is CCC(Nc1cc(N2CCN(C)C(=O)C2)ncn1)c1nc(C(F)(F)F)cs1. The highest BCUT2D eigenvalue weighted by molar-refractivity contribution is 7.09. The molecule has 27 heavy (non-hydrogen) atoms. The largest absolute Gasteiger partial charge is 0.434 e. The van der Waals surface area contributed by atoms with Crippen LogP contribution < -0.4 is 10.2 Å². The molecule has 0 radical (unpaired) electrons. The number of thiazole rings is 1. The number of piperazine rings is 1. The summed E-state index contributed by atoms with van der Waals surface area (Å²) in [7, 11) is 1.75. The fourth-order valence-electron chi connectivity index (χ4n) is 2.65. The second-order valence-electron chi connectivity index (χ2n) is 6.17. The molecular weight excluding hydrogens is 381 g/mol. The monoisotopic (exact) mass is 400 g/mol. The summed E-state index contributed by atoms with van der Waals surface area (Å²) in [6.45, 7) is 3.33. The molecule has 1 unspecified atom stereocenters. The highest BCUT2D eigenvalue weighted by Crippen LogP contribution is 2.33. The van der Waals surface area contributed by atoms with Crippen LogP contribution in [0.5, 0.6) is 0 Å². The first-order chi connectivity index (χ1) is 12.8. The average molecular weight is 400 g/mol. The van der Waals surface area contributed by atoms with Gasteiger partial charge in [0.1, 0.15) is 23.0 Å². The van der Waals surface area contributed by atoms with E-state index < -0.39 is 17.9 Å². The third-order valence-electron chi connectivity index (χ3n) is 4.27. The van der Waals surface area contributed by atoms with Crippen molar-refractivity contribution in [3.63, 3.8) is 0 Å². The fourth-order valence-corrected chi connectivity index (χ4v) is 3.61. The maximum atomic E-state index is 12.8. The van der Waals surface area contributed by atoms with Crippen LogP contribution in [0.25, 0.3) is 0 Å². The third kappa shape index (κ3) is 4.46. The van der Waals surface area contributed by atoms with Crippen molar-refractivity contribution >= 4 is 28.9 Å². The molecule has 1 aliphatic heterocycles. The lowest BCUT2D eigenvalue weighted by molar-refractivity contribution is -0.140. The van der Waals surface area contributed by atoms with Gasteiger partial charge in [-0.1, -0.05) is 6.92 Å². The van der Waals surface area contributed by atoms with E-state index in [0.29, 0.717) is 36.2 Å². The van der Waals surface area contributed by atoms with E-state index in [1.54, 1.807) is 18.0 Å². The summed E-state index contributed by atoms with van der Waals surface area (Å²) in [6.07, 6.45) is -2.55. The van der Waals surface area contributed by atoms with Crippen LogP contribution in [0.15, 0.2) is 17.8 Å². The number of alkyl halides is 3. The number of anilines is 2. The first kappa shape index (κ1) is 19.3. The van der Waals surface area contributed by atoms with Gasteiger partial charge in [-0.25, -0.2) is 15.0 Å². The Hall–Kier alpha value is -2.43. The molecule has 7 nitrogen and oxygen atoms in total. The highest BCUT2D eigenvalue weighted by atomic mass is 32.1. The van der Waals surface area contributed by atoms with Crippen LogP contribution in [0.4, 0.5) is 24.8 Å². The number of hydrogen-bond donors (Lipinski definition) is 1. The number of nitrogens with one attached hydrogen (secondary N) is 1. The van der Waals surface area contributed by atoms with Crippen molar-refractivity contribution in [1.82, 2.24) is 19.9 Å². The standard InChI is InChI=1S/C16H19F3N6OS/c1-3-10(15-23-11(8-27-15)16(17,18)19)22-12-6-13(21-9-20-12)25-5-4-24(2)14(26)7-25/h6,8-10H,3-5,7H2,1-2H3,(H,20,21,22). The quantitative estimate of drug-likeness (QED) is 0.832. The van der Waals surface area contributed by atoms with Crippen LogP contribution >= 0.6 is 11.3 Å².